The summed E-state index contributed by atoms with van der Waals surface area (Å²) in [4.78, 5) is 22.3. The molecule has 0 aliphatic heterocycles. The van der Waals surface area contributed by atoms with Gasteiger partial charge in [-0.2, -0.15) is 0 Å². The van der Waals surface area contributed by atoms with Gasteiger partial charge in [0, 0.05) is 30.8 Å². The van der Waals surface area contributed by atoms with E-state index >= 15 is 0 Å². The van der Waals surface area contributed by atoms with Crippen molar-refractivity contribution in [1.29, 1.82) is 0 Å². The number of halogens is 1. The van der Waals surface area contributed by atoms with E-state index in [-0.39, 0.29) is 17.4 Å². The molecule has 0 rings (SSSR count). The predicted octanol–water partition coefficient (Wildman–Crippen LogP) is 1.04. The third kappa shape index (κ3) is 9.53. The predicted molar refractivity (Wildman–Crippen MR) is 60.9 cm³/mol. The summed E-state index contributed by atoms with van der Waals surface area (Å²) in [6, 6.07) is 0. The molecule has 0 atom stereocenters. The largest absolute Gasteiger partial charge is 0.356 e. The van der Waals surface area contributed by atoms with Gasteiger partial charge in [0.25, 0.3) is 0 Å². The lowest BCUT2D eigenvalue weighted by molar-refractivity contribution is -0.123. The number of nitrogens with one attached hydrogen (secondary N) is 2. The molecular weight excluding hydrogens is 216 g/mol. The maximum atomic E-state index is 11.3. The SMILES string of the molecule is CC(C)(C)NC(=O)CCNC(=O)CCCl. The number of hydrogen-bond donors (Lipinski definition) is 2. The maximum absolute atomic E-state index is 11.3. The van der Waals surface area contributed by atoms with Crippen molar-refractivity contribution in [1.82, 2.24) is 10.6 Å². The highest BCUT2D eigenvalue weighted by Gasteiger charge is 2.13. The van der Waals surface area contributed by atoms with Gasteiger partial charge in [-0.25, -0.2) is 0 Å². The lowest BCUT2D eigenvalue weighted by atomic mass is 10.1. The average Bonchev–Trinajstić information content (AvgIpc) is 2.00. The zero-order valence-electron chi connectivity index (χ0n) is 9.52. The minimum absolute atomic E-state index is 0.0614. The zero-order chi connectivity index (χ0) is 11.9. The van der Waals surface area contributed by atoms with Crippen LogP contribution in [0.15, 0.2) is 0 Å². The van der Waals surface area contributed by atoms with Crippen molar-refractivity contribution >= 4 is 23.4 Å². The van der Waals surface area contributed by atoms with Crippen LogP contribution in [0.5, 0.6) is 0 Å². The summed E-state index contributed by atoms with van der Waals surface area (Å²) in [5.41, 5.74) is -0.225. The summed E-state index contributed by atoms with van der Waals surface area (Å²) in [6.45, 7) is 6.10. The van der Waals surface area contributed by atoms with Crippen molar-refractivity contribution < 1.29 is 9.59 Å². The highest BCUT2D eigenvalue weighted by Crippen LogP contribution is 1.98. The van der Waals surface area contributed by atoms with E-state index in [4.69, 9.17) is 11.6 Å². The molecule has 2 amide bonds. The standard InChI is InChI=1S/C10H19ClN2O2/c1-10(2,3)13-9(15)5-7-12-8(14)4-6-11/h4-7H2,1-3H3,(H,12,14)(H,13,15). The molecule has 0 aliphatic carbocycles. The number of hydrogen-bond acceptors (Lipinski definition) is 2. The van der Waals surface area contributed by atoms with E-state index in [2.05, 4.69) is 10.6 Å². The maximum Gasteiger partial charge on any atom is 0.222 e. The third-order valence-electron chi connectivity index (χ3n) is 1.51. The Labute approximate surface area is 95.7 Å². The van der Waals surface area contributed by atoms with Gasteiger partial charge in [0.2, 0.25) is 11.8 Å². The van der Waals surface area contributed by atoms with Crippen LogP contribution in [0.3, 0.4) is 0 Å². The molecule has 0 aliphatic rings. The quantitative estimate of drug-likeness (QED) is 0.699. The first-order chi connectivity index (χ1) is 6.85. The van der Waals surface area contributed by atoms with Crippen molar-refractivity contribution in [3.8, 4) is 0 Å². The average molecular weight is 235 g/mol. The fourth-order valence-electron chi connectivity index (χ4n) is 0.970. The summed E-state index contributed by atoms with van der Waals surface area (Å²) >= 11 is 5.38. The van der Waals surface area contributed by atoms with Crippen LogP contribution in [0.2, 0.25) is 0 Å². The molecule has 0 aromatic carbocycles. The molecule has 0 heterocycles. The first-order valence-corrected chi connectivity index (χ1v) is 5.52. The number of rotatable bonds is 5. The Morgan fingerprint density at radius 2 is 1.73 bits per heavy atom. The minimum atomic E-state index is -0.225. The molecule has 0 radical (unpaired) electrons. The van der Waals surface area contributed by atoms with Gasteiger partial charge < -0.3 is 10.6 Å². The highest BCUT2D eigenvalue weighted by molar-refractivity contribution is 6.18. The molecule has 4 nitrogen and oxygen atoms in total. The number of carbonyl (C=O) groups is 2. The van der Waals surface area contributed by atoms with Crippen molar-refractivity contribution in [3.63, 3.8) is 0 Å². The first-order valence-electron chi connectivity index (χ1n) is 4.99. The van der Waals surface area contributed by atoms with Gasteiger partial charge in [-0.05, 0) is 20.8 Å². The Hall–Kier alpha value is -0.770. The van der Waals surface area contributed by atoms with Gasteiger partial charge in [0.15, 0.2) is 0 Å². The summed E-state index contributed by atoms with van der Waals surface area (Å²) in [5, 5.41) is 5.42. The molecule has 0 aromatic heterocycles. The summed E-state index contributed by atoms with van der Waals surface area (Å²) in [5.74, 6) is 0.127. The van der Waals surface area contributed by atoms with Gasteiger partial charge in [0.05, 0.1) is 0 Å². The van der Waals surface area contributed by atoms with E-state index in [1.807, 2.05) is 20.8 Å². The van der Waals surface area contributed by atoms with Crippen molar-refractivity contribution in [3.05, 3.63) is 0 Å². The van der Waals surface area contributed by atoms with Crippen LogP contribution in [0.1, 0.15) is 33.6 Å². The molecular formula is C10H19ClN2O2. The molecule has 2 N–H and O–H groups in total. The van der Waals surface area contributed by atoms with Crippen molar-refractivity contribution in [2.45, 2.75) is 39.2 Å². The second-order valence-corrected chi connectivity index (χ2v) is 4.72. The second-order valence-electron chi connectivity index (χ2n) is 4.34. The summed E-state index contributed by atoms with van der Waals surface area (Å²) < 4.78 is 0. The van der Waals surface area contributed by atoms with Gasteiger partial charge in [-0.1, -0.05) is 0 Å². The van der Waals surface area contributed by atoms with Crippen LogP contribution in [-0.2, 0) is 9.59 Å². The van der Waals surface area contributed by atoms with Gasteiger partial charge in [-0.3, -0.25) is 9.59 Å². The van der Waals surface area contributed by atoms with E-state index in [0.717, 1.165) is 0 Å². The zero-order valence-corrected chi connectivity index (χ0v) is 10.3. The Balaban J connectivity index is 3.60. The summed E-state index contributed by atoms with van der Waals surface area (Å²) in [7, 11) is 0. The van der Waals surface area contributed by atoms with Crippen LogP contribution in [0, 0.1) is 0 Å². The number of alkyl halides is 1. The summed E-state index contributed by atoms with van der Waals surface area (Å²) in [6.07, 6.45) is 0.591. The van der Waals surface area contributed by atoms with Crippen molar-refractivity contribution in [2.75, 3.05) is 12.4 Å². The van der Waals surface area contributed by atoms with Crippen LogP contribution >= 0.6 is 11.6 Å². The molecule has 0 unspecified atom stereocenters. The molecule has 0 saturated heterocycles. The monoisotopic (exact) mass is 234 g/mol. The van der Waals surface area contributed by atoms with Crippen LogP contribution in [-0.4, -0.2) is 29.8 Å². The van der Waals surface area contributed by atoms with Crippen LogP contribution in [0.4, 0.5) is 0 Å². The fourth-order valence-corrected chi connectivity index (χ4v) is 1.14. The second kappa shape index (κ2) is 6.67. The topological polar surface area (TPSA) is 58.2 Å². The van der Waals surface area contributed by atoms with Gasteiger partial charge >= 0.3 is 0 Å². The minimum Gasteiger partial charge on any atom is -0.356 e. The number of amides is 2. The molecule has 0 aromatic rings. The van der Waals surface area contributed by atoms with E-state index in [9.17, 15) is 9.59 Å². The molecule has 0 bridgehead atoms. The number of carbonyl (C=O) groups excluding carboxylic acids is 2. The highest BCUT2D eigenvalue weighted by atomic mass is 35.5. The Kier molecular flexibility index (Phi) is 6.32. The molecule has 0 spiro atoms. The Bertz CT molecular complexity index is 224. The molecule has 5 heteroatoms. The first kappa shape index (κ1) is 14.2. The van der Waals surface area contributed by atoms with Gasteiger partial charge in [-0.15, -0.1) is 11.6 Å². The van der Waals surface area contributed by atoms with E-state index in [1.165, 1.54) is 0 Å². The molecule has 15 heavy (non-hydrogen) atoms. The van der Waals surface area contributed by atoms with E-state index < -0.39 is 0 Å². The smallest absolute Gasteiger partial charge is 0.222 e. The molecule has 88 valence electrons. The van der Waals surface area contributed by atoms with E-state index in [1.54, 1.807) is 0 Å². The lowest BCUT2D eigenvalue weighted by Crippen LogP contribution is -2.41. The Morgan fingerprint density at radius 3 is 2.20 bits per heavy atom. The van der Waals surface area contributed by atoms with Crippen molar-refractivity contribution in [2.24, 2.45) is 0 Å². The normalized spacial score (nSPS) is 10.9. The van der Waals surface area contributed by atoms with E-state index in [0.29, 0.717) is 25.3 Å². The fraction of sp³-hybridized carbons (Fsp3) is 0.800. The lowest BCUT2D eigenvalue weighted by Gasteiger charge is -2.20. The molecule has 0 saturated carbocycles. The van der Waals surface area contributed by atoms with Crippen LogP contribution in [0.25, 0.3) is 0 Å². The molecule has 0 fully saturated rings. The third-order valence-corrected chi connectivity index (χ3v) is 1.70. The van der Waals surface area contributed by atoms with Crippen LogP contribution < -0.4 is 10.6 Å². The van der Waals surface area contributed by atoms with Gasteiger partial charge in [0.1, 0.15) is 0 Å². The Morgan fingerprint density at radius 1 is 1.13 bits per heavy atom.